The molecule has 44 heavy (non-hydrogen) atoms. The Hall–Kier alpha value is -3.95. The molecule has 4 aliphatic rings. The summed E-state index contributed by atoms with van der Waals surface area (Å²) in [6.45, 7) is -4.54. The highest BCUT2D eigenvalue weighted by atomic mass is 19.4. The maximum absolute atomic E-state index is 15.4. The number of amides is 4. The smallest absolute Gasteiger partial charge is 0.376 e. The second-order valence-corrected chi connectivity index (χ2v) is 11.5. The number of nitrogens with one attached hydrogen (secondary N) is 1. The average Bonchev–Trinajstić information content (AvgIpc) is 3.47. The fraction of sp³-hybridized carbons (Fsp3) is 0.464. The van der Waals surface area contributed by atoms with Crippen LogP contribution >= 0.6 is 0 Å². The van der Waals surface area contributed by atoms with Crippen molar-refractivity contribution >= 4 is 23.5 Å². The number of halogens is 8. The van der Waals surface area contributed by atoms with Crippen LogP contribution in [-0.4, -0.2) is 78.1 Å². The number of carbonyl (C=O) groups excluding carboxylic acids is 3. The summed E-state index contributed by atoms with van der Waals surface area (Å²) in [6, 6.07) is 6.38. The Morgan fingerprint density at radius 2 is 1.68 bits per heavy atom. The van der Waals surface area contributed by atoms with Crippen molar-refractivity contribution in [3.8, 4) is 0 Å². The van der Waals surface area contributed by atoms with E-state index in [1.807, 2.05) is 0 Å². The van der Waals surface area contributed by atoms with E-state index in [0.717, 1.165) is 36.4 Å². The number of fused-ring (bicyclic) bond motifs is 2. The maximum Gasteiger partial charge on any atom is 0.416 e. The Balaban J connectivity index is 1.29. The number of benzene rings is 2. The fourth-order valence-corrected chi connectivity index (χ4v) is 6.19. The molecule has 3 saturated heterocycles. The van der Waals surface area contributed by atoms with E-state index in [2.05, 4.69) is 5.32 Å². The first-order valence-corrected chi connectivity index (χ1v) is 13.5. The van der Waals surface area contributed by atoms with E-state index >= 15 is 8.78 Å². The lowest BCUT2D eigenvalue weighted by molar-refractivity contribution is -0.302. The molecule has 0 bridgehead atoms. The lowest BCUT2D eigenvalue weighted by Crippen LogP contribution is -2.72. The number of urea groups is 1. The molecule has 2 aromatic rings. The molecule has 3 heterocycles. The van der Waals surface area contributed by atoms with Gasteiger partial charge in [0.15, 0.2) is 11.1 Å². The van der Waals surface area contributed by atoms with Gasteiger partial charge in [-0.1, -0.05) is 18.2 Å². The minimum atomic E-state index is -5.00. The number of ether oxygens (including phenoxy) is 1. The number of imide groups is 1. The largest absolute Gasteiger partial charge is 0.416 e. The normalized spacial score (nSPS) is 24.8. The highest BCUT2D eigenvalue weighted by Gasteiger charge is 2.67. The second kappa shape index (κ2) is 9.78. The van der Waals surface area contributed by atoms with Gasteiger partial charge in [-0.05, 0) is 35.4 Å². The predicted molar refractivity (Wildman–Crippen MR) is 135 cm³/mol. The molecular weight excluding hydrogens is 608 g/mol. The van der Waals surface area contributed by atoms with Crippen molar-refractivity contribution < 1.29 is 54.2 Å². The summed E-state index contributed by atoms with van der Waals surface area (Å²) in [4.78, 5) is 42.0. The topological polar surface area (TPSA) is 82.2 Å². The summed E-state index contributed by atoms with van der Waals surface area (Å²) in [5, 5.41) is 2.20. The highest BCUT2D eigenvalue weighted by Crippen LogP contribution is 2.54. The standard InChI is InChI=1S/C28H24F8N4O4/c29-17-3-1-16(2-4-17)10-40(24(14-44-15-24)28(34,35)36)21(41)11-39-22(42)26(37-23(39)43)12-27(32,33)20-9-18(5-6-19(20)26)38-8-7-25(30,31)13-38/h1-6,9H,7-8,10-15H2,(H,37,43)/t26-/m0/s1. The van der Waals surface area contributed by atoms with Crippen LogP contribution < -0.4 is 10.2 Å². The number of hydrogen-bond donors (Lipinski definition) is 1. The summed E-state index contributed by atoms with van der Waals surface area (Å²) in [5.41, 5.74) is -5.96. The van der Waals surface area contributed by atoms with Crippen molar-refractivity contribution in [1.82, 2.24) is 15.1 Å². The zero-order valence-electron chi connectivity index (χ0n) is 22.7. The molecule has 3 fully saturated rings. The van der Waals surface area contributed by atoms with Crippen LogP contribution in [0.5, 0.6) is 0 Å². The number of carbonyl (C=O) groups is 3. The Bertz CT molecular complexity index is 1530. The van der Waals surface area contributed by atoms with E-state index in [9.17, 15) is 40.7 Å². The number of anilines is 1. The highest BCUT2D eigenvalue weighted by molar-refractivity contribution is 6.10. The van der Waals surface area contributed by atoms with Crippen LogP contribution in [0.1, 0.15) is 29.5 Å². The van der Waals surface area contributed by atoms with Crippen molar-refractivity contribution in [1.29, 1.82) is 0 Å². The van der Waals surface area contributed by atoms with Gasteiger partial charge in [0.05, 0.1) is 26.2 Å². The molecule has 0 aromatic heterocycles. The Morgan fingerprint density at radius 3 is 2.25 bits per heavy atom. The quantitative estimate of drug-likeness (QED) is 0.380. The third kappa shape index (κ3) is 4.64. The number of rotatable bonds is 6. The molecule has 1 N–H and O–H groups in total. The minimum absolute atomic E-state index is 0.0676. The Morgan fingerprint density at radius 1 is 1.00 bits per heavy atom. The van der Waals surface area contributed by atoms with Gasteiger partial charge in [0, 0.05) is 30.8 Å². The van der Waals surface area contributed by atoms with Gasteiger partial charge in [0.2, 0.25) is 5.91 Å². The van der Waals surface area contributed by atoms with Crippen molar-refractivity contribution in [2.24, 2.45) is 0 Å². The van der Waals surface area contributed by atoms with Crippen molar-refractivity contribution in [3.63, 3.8) is 0 Å². The van der Waals surface area contributed by atoms with Crippen LogP contribution in [0, 0.1) is 5.82 Å². The molecule has 16 heteroatoms. The van der Waals surface area contributed by atoms with E-state index in [0.29, 0.717) is 4.90 Å². The zero-order chi connectivity index (χ0) is 31.9. The first-order chi connectivity index (χ1) is 20.5. The summed E-state index contributed by atoms with van der Waals surface area (Å²) in [7, 11) is 0. The summed E-state index contributed by atoms with van der Waals surface area (Å²) in [5.74, 6) is -9.98. The van der Waals surface area contributed by atoms with E-state index in [-0.39, 0.29) is 28.3 Å². The molecule has 8 nitrogen and oxygen atoms in total. The monoisotopic (exact) mass is 632 g/mol. The average molecular weight is 633 g/mol. The molecule has 1 atom stereocenters. The molecule has 3 aliphatic heterocycles. The minimum Gasteiger partial charge on any atom is -0.376 e. The molecule has 0 saturated carbocycles. The third-order valence-electron chi connectivity index (χ3n) is 8.63. The molecule has 4 amide bonds. The van der Waals surface area contributed by atoms with Gasteiger partial charge in [-0.25, -0.2) is 26.7 Å². The molecule has 236 valence electrons. The molecule has 1 spiro atoms. The molecule has 6 rings (SSSR count). The van der Waals surface area contributed by atoms with Gasteiger partial charge in [-0.15, -0.1) is 0 Å². The van der Waals surface area contributed by atoms with E-state index in [4.69, 9.17) is 4.74 Å². The van der Waals surface area contributed by atoms with Crippen LogP contribution in [0.3, 0.4) is 0 Å². The SMILES string of the molecule is O=C1N[C@]2(CC(F)(F)c3cc(N4CCC(F)(F)C4)ccc32)C(=O)N1CC(=O)N(Cc1ccc(F)cc1)C1(C(F)(F)F)COC1. The van der Waals surface area contributed by atoms with Gasteiger partial charge in [-0.3, -0.25) is 14.5 Å². The van der Waals surface area contributed by atoms with Gasteiger partial charge in [0.25, 0.3) is 17.8 Å². The summed E-state index contributed by atoms with van der Waals surface area (Å²) in [6.07, 6.45) is -6.71. The van der Waals surface area contributed by atoms with Gasteiger partial charge >= 0.3 is 12.2 Å². The van der Waals surface area contributed by atoms with Crippen molar-refractivity contribution in [3.05, 3.63) is 65.0 Å². The third-order valence-corrected chi connectivity index (χ3v) is 8.63. The first-order valence-electron chi connectivity index (χ1n) is 13.5. The zero-order valence-corrected chi connectivity index (χ0v) is 22.7. The number of alkyl halides is 7. The van der Waals surface area contributed by atoms with Crippen molar-refractivity contribution in [2.45, 2.75) is 48.5 Å². The first kappa shape index (κ1) is 30.1. The number of nitrogens with zero attached hydrogens (tertiary/aromatic N) is 3. The van der Waals surface area contributed by atoms with Gasteiger partial charge in [-0.2, -0.15) is 13.2 Å². The van der Waals surface area contributed by atoms with E-state index < -0.39 is 104 Å². The summed E-state index contributed by atoms with van der Waals surface area (Å²) >= 11 is 0. The molecule has 1 aliphatic carbocycles. The van der Waals surface area contributed by atoms with Crippen LogP contribution in [-0.2, 0) is 32.3 Å². The van der Waals surface area contributed by atoms with Gasteiger partial charge in [0.1, 0.15) is 12.4 Å². The van der Waals surface area contributed by atoms with Crippen LogP contribution in [0.2, 0.25) is 0 Å². The predicted octanol–water partition coefficient (Wildman–Crippen LogP) is 4.27. The lowest BCUT2D eigenvalue weighted by atomic mass is 9.91. The second-order valence-electron chi connectivity index (χ2n) is 11.5. The van der Waals surface area contributed by atoms with Crippen molar-refractivity contribution in [2.75, 3.05) is 37.7 Å². The fourth-order valence-electron chi connectivity index (χ4n) is 6.19. The van der Waals surface area contributed by atoms with Crippen LogP contribution in [0.4, 0.5) is 45.6 Å². The Labute approximate surface area is 244 Å². The summed E-state index contributed by atoms with van der Waals surface area (Å²) < 4.78 is 119. The van der Waals surface area contributed by atoms with E-state index in [1.54, 1.807) is 0 Å². The molecular formula is C28H24F8N4O4. The van der Waals surface area contributed by atoms with Crippen LogP contribution in [0.15, 0.2) is 42.5 Å². The van der Waals surface area contributed by atoms with E-state index in [1.165, 1.54) is 11.0 Å². The number of hydrogen-bond acceptors (Lipinski definition) is 5. The Kier molecular flexibility index (Phi) is 6.69. The molecule has 0 unspecified atom stereocenters. The maximum atomic E-state index is 15.4. The molecule has 0 radical (unpaired) electrons. The van der Waals surface area contributed by atoms with Gasteiger partial charge < -0.3 is 19.9 Å². The lowest BCUT2D eigenvalue weighted by Gasteiger charge is -2.50. The molecule has 2 aromatic carbocycles. The van der Waals surface area contributed by atoms with Crippen LogP contribution in [0.25, 0.3) is 0 Å².